The number of hydrogen-bond acceptors (Lipinski definition) is 16. The molecule has 2 aliphatic heterocycles. The third kappa shape index (κ3) is 11.2. The predicted molar refractivity (Wildman–Crippen MR) is 187 cm³/mol. The Labute approximate surface area is 311 Å². The van der Waals surface area contributed by atoms with Crippen molar-refractivity contribution in [3.63, 3.8) is 0 Å². The van der Waals surface area contributed by atoms with E-state index >= 15 is 0 Å². The molecule has 0 aliphatic carbocycles. The molecule has 0 radical (unpaired) electrons. The molecule has 54 heavy (non-hydrogen) atoms. The van der Waals surface area contributed by atoms with Gasteiger partial charge in [0.15, 0.2) is 13.5 Å². The van der Waals surface area contributed by atoms with Crippen LogP contribution in [0.2, 0.25) is 0 Å². The Morgan fingerprint density at radius 2 is 0.870 bits per heavy atom. The molecular weight excluding hydrogens is 708 g/mol. The lowest BCUT2D eigenvalue weighted by molar-refractivity contribution is -0.169. The number of carbonyl (C=O) groups excluding carboxylic acids is 8. The maximum atomic E-state index is 13.0. The SMILES string of the molecule is CC(=O)Oc1ccc(CC(N)C(=O)OCN2C(=O)CN(C(C)C(C)N3CC(=O)N(COC(=O)C(N)Cc4ccc(OC(C)=O)cc4)C(=O)C3)CC2=O)cc1. The van der Waals surface area contributed by atoms with Gasteiger partial charge in [-0.1, -0.05) is 24.3 Å². The quantitative estimate of drug-likeness (QED) is 0.127. The molecular formula is C36H44N6O12. The van der Waals surface area contributed by atoms with Crippen molar-refractivity contribution in [3.8, 4) is 11.5 Å². The number of ether oxygens (including phenoxy) is 4. The molecule has 2 aromatic carbocycles. The second-order valence-electron chi connectivity index (χ2n) is 13.0. The van der Waals surface area contributed by atoms with E-state index in [-0.39, 0.29) is 39.0 Å². The number of carbonyl (C=O) groups is 8. The van der Waals surface area contributed by atoms with Gasteiger partial charge in [0.1, 0.15) is 23.6 Å². The summed E-state index contributed by atoms with van der Waals surface area (Å²) in [6.45, 7) is 4.08. The van der Waals surface area contributed by atoms with E-state index in [0.717, 1.165) is 9.80 Å². The van der Waals surface area contributed by atoms with Gasteiger partial charge in [0.05, 0.1) is 26.2 Å². The van der Waals surface area contributed by atoms with Crippen LogP contribution in [0.3, 0.4) is 0 Å². The first-order valence-electron chi connectivity index (χ1n) is 17.1. The van der Waals surface area contributed by atoms with Gasteiger partial charge in [-0.3, -0.25) is 48.2 Å². The molecule has 290 valence electrons. The van der Waals surface area contributed by atoms with E-state index in [1.165, 1.54) is 13.8 Å². The molecule has 0 aromatic heterocycles. The van der Waals surface area contributed by atoms with Gasteiger partial charge >= 0.3 is 23.9 Å². The summed E-state index contributed by atoms with van der Waals surface area (Å²) in [6, 6.07) is 9.69. The Morgan fingerprint density at radius 3 is 1.15 bits per heavy atom. The lowest BCUT2D eigenvalue weighted by Crippen LogP contribution is -2.63. The highest BCUT2D eigenvalue weighted by atomic mass is 16.6. The van der Waals surface area contributed by atoms with Crippen molar-refractivity contribution < 1.29 is 57.3 Å². The number of rotatable bonds is 15. The summed E-state index contributed by atoms with van der Waals surface area (Å²) in [5.41, 5.74) is 13.3. The maximum Gasteiger partial charge on any atom is 0.324 e. The van der Waals surface area contributed by atoms with E-state index in [1.54, 1.807) is 72.2 Å². The highest BCUT2D eigenvalue weighted by Crippen LogP contribution is 2.19. The average molecular weight is 753 g/mol. The fourth-order valence-corrected chi connectivity index (χ4v) is 5.76. The van der Waals surface area contributed by atoms with Gasteiger partial charge < -0.3 is 30.4 Å². The van der Waals surface area contributed by atoms with E-state index in [9.17, 15) is 38.4 Å². The lowest BCUT2D eigenvalue weighted by atomic mass is 10.1. The second kappa shape index (κ2) is 18.5. The summed E-state index contributed by atoms with van der Waals surface area (Å²) in [5, 5.41) is 0. The molecule has 0 spiro atoms. The highest BCUT2D eigenvalue weighted by Gasteiger charge is 2.40. The van der Waals surface area contributed by atoms with Crippen molar-refractivity contribution in [1.29, 1.82) is 0 Å². The van der Waals surface area contributed by atoms with Crippen LogP contribution in [0.1, 0.15) is 38.8 Å². The summed E-state index contributed by atoms with van der Waals surface area (Å²) in [5.74, 6) is -4.34. The van der Waals surface area contributed by atoms with E-state index < -0.39 is 85.1 Å². The van der Waals surface area contributed by atoms with Crippen LogP contribution < -0.4 is 20.9 Å². The van der Waals surface area contributed by atoms with Crippen molar-refractivity contribution >= 4 is 47.5 Å². The summed E-state index contributed by atoms with van der Waals surface area (Å²) in [6.07, 6.45) is 0.195. The zero-order valence-corrected chi connectivity index (χ0v) is 30.4. The molecule has 2 fully saturated rings. The normalized spacial score (nSPS) is 17.7. The van der Waals surface area contributed by atoms with Crippen molar-refractivity contribution in [2.45, 2.75) is 64.7 Å². The number of benzene rings is 2. The smallest absolute Gasteiger partial charge is 0.324 e. The first-order valence-corrected chi connectivity index (χ1v) is 17.1. The Hall–Kier alpha value is -5.56. The number of amides is 4. The van der Waals surface area contributed by atoms with Crippen LogP contribution >= 0.6 is 0 Å². The van der Waals surface area contributed by atoms with Crippen LogP contribution in [0, 0.1) is 0 Å². The fourth-order valence-electron chi connectivity index (χ4n) is 5.76. The number of imide groups is 2. The third-order valence-corrected chi connectivity index (χ3v) is 8.97. The third-order valence-electron chi connectivity index (χ3n) is 8.97. The Kier molecular flexibility index (Phi) is 14.1. The first-order chi connectivity index (χ1) is 25.5. The van der Waals surface area contributed by atoms with Crippen LogP contribution in [0.4, 0.5) is 0 Å². The van der Waals surface area contributed by atoms with Crippen molar-refractivity contribution in [2.75, 3.05) is 39.6 Å². The minimum atomic E-state index is -1.09. The van der Waals surface area contributed by atoms with Gasteiger partial charge in [0.2, 0.25) is 23.6 Å². The second-order valence-corrected chi connectivity index (χ2v) is 13.0. The fraction of sp³-hybridized carbons (Fsp3) is 0.444. The van der Waals surface area contributed by atoms with Crippen LogP contribution in [-0.2, 0) is 60.7 Å². The zero-order chi connectivity index (χ0) is 39.7. The van der Waals surface area contributed by atoms with Crippen LogP contribution in [0.15, 0.2) is 48.5 Å². The molecule has 2 heterocycles. The molecule has 2 aliphatic rings. The predicted octanol–water partition coefficient (Wildman–Crippen LogP) is -0.903. The van der Waals surface area contributed by atoms with Gasteiger partial charge in [-0.05, 0) is 62.1 Å². The molecule has 18 nitrogen and oxygen atoms in total. The Balaban J connectivity index is 1.21. The minimum Gasteiger partial charge on any atom is -0.443 e. The standard InChI is InChI=1S/C36H44N6O12/c1-21(39-15-31(45)41(32(46)16-39)19-51-35(49)29(37)13-25-5-9-27(10-6-25)53-23(3)43)22(2)40-17-33(47)42(34(48)18-40)20-52-36(50)30(38)14-26-7-11-28(12-8-26)54-24(4)44/h5-12,21-22,29-30H,13-20,37-38H2,1-4H3. The summed E-state index contributed by atoms with van der Waals surface area (Å²) >= 11 is 0. The molecule has 2 aromatic rings. The molecule has 4 amide bonds. The van der Waals surface area contributed by atoms with E-state index in [1.807, 2.05) is 0 Å². The largest absolute Gasteiger partial charge is 0.443 e. The van der Waals surface area contributed by atoms with E-state index in [0.29, 0.717) is 22.6 Å². The average Bonchev–Trinajstić information content (AvgIpc) is 3.11. The van der Waals surface area contributed by atoms with E-state index in [4.69, 9.17) is 30.4 Å². The molecule has 4 N–H and O–H groups in total. The van der Waals surface area contributed by atoms with Gasteiger partial charge in [-0.15, -0.1) is 0 Å². The summed E-state index contributed by atoms with van der Waals surface area (Å²) < 4.78 is 20.3. The molecule has 4 rings (SSSR count). The topological polar surface area (TPSA) is 238 Å². The molecule has 0 saturated carbocycles. The van der Waals surface area contributed by atoms with Crippen LogP contribution in [-0.4, -0.2) is 131 Å². The number of esters is 4. The van der Waals surface area contributed by atoms with Gasteiger partial charge in [0, 0.05) is 25.9 Å². The van der Waals surface area contributed by atoms with E-state index in [2.05, 4.69) is 0 Å². The number of nitrogens with two attached hydrogens (primary N) is 2. The number of hydrogen-bond donors (Lipinski definition) is 2. The minimum absolute atomic E-state index is 0.0976. The molecule has 4 atom stereocenters. The Bertz CT molecular complexity index is 1590. The lowest BCUT2D eigenvalue weighted by Gasteiger charge is -2.43. The van der Waals surface area contributed by atoms with Gasteiger partial charge in [0.25, 0.3) is 0 Å². The first kappa shape index (κ1) is 41.2. The molecule has 4 unspecified atom stereocenters. The monoisotopic (exact) mass is 752 g/mol. The zero-order valence-electron chi connectivity index (χ0n) is 30.4. The molecule has 2 saturated heterocycles. The molecule has 18 heteroatoms. The maximum absolute atomic E-state index is 13.0. The van der Waals surface area contributed by atoms with Gasteiger partial charge in [-0.25, -0.2) is 9.80 Å². The summed E-state index contributed by atoms with van der Waals surface area (Å²) in [7, 11) is 0. The number of piperazine rings is 2. The Morgan fingerprint density at radius 1 is 0.574 bits per heavy atom. The van der Waals surface area contributed by atoms with Gasteiger partial charge in [-0.2, -0.15) is 0 Å². The van der Waals surface area contributed by atoms with Crippen molar-refractivity contribution in [3.05, 3.63) is 59.7 Å². The van der Waals surface area contributed by atoms with Crippen LogP contribution in [0.25, 0.3) is 0 Å². The van der Waals surface area contributed by atoms with Crippen molar-refractivity contribution in [2.24, 2.45) is 11.5 Å². The van der Waals surface area contributed by atoms with Crippen molar-refractivity contribution in [1.82, 2.24) is 19.6 Å². The molecule has 0 bridgehead atoms. The highest BCUT2D eigenvalue weighted by molar-refractivity contribution is 6.00. The van der Waals surface area contributed by atoms with Crippen LogP contribution in [0.5, 0.6) is 11.5 Å². The number of nitrogens with zero attached hydrogens (tertiary/aromatic N) is 4. The summed E-state index contributed by atoms with van der Waals surface area (Å²) in [4.78, 5) is 104.